The molecule has 6 rings (SSSR count). The molecule has 2 amide bonds. The van der Waals surface area contributed by atoms with Crippen molar-refractivity contribution in [2.45, 2.75) is 43.2 Å². The molecular weight excluding hydrogens is 648 g/mol. The predicted molar refractivity (Wildman–Crippen MR) is 162 cm³/mol. The number of piperidine rings is 2. The second-order valence-electron chi connectivity index (χ2n) is 11.0. The van der Waals surface area contributed by atoms with Crippen LogP contribution in [0, 0.1) is 15.4 Å². The van der Waals surface area contributed by atoms with Gasteiger partial charge in [0.2, 0.25) is 11.8 Å². The van der Waals surface area contributed by atoms with Gasteiger partial charge in [0.05, 0.1) is 6.04 Å². The van der Waals surface area contributed by atoms with Gasteiger partial charge in [-0.3, -0.25) is 9.59 Å². The Kier molecular flexibility index (Phi) is 7.46. The van der Waals surface area contributed by atoms with Gasteiger partial charge < -0.3 is 20.3 Å². The van der Waals surface area contributed by atoms with Gasteiger partial charge in [-0.15, -0.1) is 0 Å². The van der Waals surface area contributed by atoms with E-state index in [0.29, 0.717) is 22.9 Å². The minimum Gasteiger partial charge on any atom is -0.490 e. The number of nitrogens with one attached hydrogen (secondary N) is 2. The van der Waals surface area contributed by atoms with Crippen molar-refractivity contribution in [3.63, 3.8) is 0 Å². The first-order chi connectivity index (χ1) is 18.8. The molecule has 4 atom stereocenters. The maximum atomic E-state index is 14.3. The molecule has 6 nitrogen and oxygen atoms in total. The zero-order valence-electron chi connectivity index (χ0n) is 21.6. The molecule has 9 heteroatoms. The van der Waals surface area contributed by atoms with E-state index in [4.69, 9.17) is 27.9 Å². The molecule has 1 aliphatic carbocycles. The van der Waals surface area contributed by atoms with Crippen molar-refractivity contribution in [2.24, 2.45) is 11.8 Å². The summed E-state index contributed by atoms with van der Waals surface area (Å²) in [7, 11) is 2.12. The number of fused-ring (bicyclic) bond motifs is 2. The minimum atomic E-state index is -1.08. The number of allylic oxidation sites excluding steroid dienone is 4. The smallest absolute Gasteiger partial charge is 0.237 e. The molecule has 3 aliphatic heterocycles. The lowest BCUT2D eigenvalue weighted by molar-refractivity contribution is -0.135. The van der Waals surface area contributed by atoms with E-state index in [2.05, 4.69) is 51.2 Å². The first-order valence-electron chi connectivity index (χ1n) is 13.3. The summed E-state index contributed by atoms with van der Waals surface area (Å²) in [5.41, 5.74) is 1.27. The van der Waals surface area contributed by atoms with Crippen LogP contribution in [-0.4, -0.2) is 43.0 Å². The highest BCUT2D eigenvalue weighted by Crippen LogP contribution is 2.58. The summed E-state index contributed by atoms with van der Waals surface area (Å²) in [4.78, 5) is 30.1. The van der Waals surface area contributed by atoms with Crippen LogP contribution >= 0.6 is 45.8 Å². The van der Waals surface area contributed by atoms with Crippen molar-refractivity contribution in [1.82, 2.24) is 10.2 Å². The Morgan fingerprint density at radius 3 is 2.64 bits per heavy atom. The molecule has 2 saturated heterocycles. The molecule has 2 aromatic carbocycles. The minimum absolute atomic E-state index is 0.0692. The molecule has 4 aliphatic rings. The fourth-order valence-corrected chi connectivity index (χ4v) is 7.72. The molecular formula is C30H30Cl2IN3O3. The molecule has 204 valence electrons. The van der Waals surface area contributed by atoms with E-state index in [1.54, 1.807) is 6.07 Å². The Labute approximate surface area is 252 Å². The number of rotatable bonds is 4. The van der Waals surface area contributed by atoms with E-state index in [0.717, 1.165) is 45.7 Å². The second-order valence-corrected chi connectivity index (χ2v) is 13.2. The van der Waals surface area contributed by atoms with E-state index < -0.39 is 11.5 Å². The summed E-state index contributed by atoms with van der Waals surface area (Å²) < 4.78 is 7.65. The van der Waals surface area contributed by atoms with Crippen LogP contribution in [0.15, 0.2) is 59.7 Å². The first kappa shape index (κ1) is 27.1. The first-order valence-corrected chi connectivity index (χ1v) is 15.2. The average molecular weight is 678 g/mol. The van der Waals surface area contributed by atoms with E-state index in [9.17, 15) is 9.59 Å². The molecule has 0 radical (unpaired) electrons. The molecule has 0 saturated carbocycles. The number of likely N-dealkylation sites (tertiary alicyclic amines) is 1. The van der Waals surface area contributed by atoms with Crippen molar-refractivity contribution >= 4 is 63.3 Å². The van der Waals surface area contributed by atoms with Gasteiger partial charge in [0.15, 0.2) is 0 Å². The third-order valence-electron chi connectivity index (χ3n) is 8.63. The zero-order valence-corrected chi connectivity index (χ0v) is 25.2. The van der Waals surface area contributed by atoms with Crippen molar-refractivity contribution < 1.29 is 14.3 Å². The predicted octanol–water partition coefficient (Wildman–Crippen LogP) is 6.18. The highest BCUT2D eigenvalue weighted by atomic mass is 127. The van der Waals surface area contributed by atoms with Gasteiger partial charge in [-0.25, -0.2) is 0 Å². The third-order valence-corrected chi connectivity index (χ3v) is 9.81. The number of benzene rings is 2. The molecule has 1 spiro atoms. The Morgan fingerprint density at radius 2 is 1.87 bits per heavy atom. The van der Waals surface area contributed by atoms with Crippen LogP contribution in [0.3, 0.4) is 0 Å². The number of hydrogen-bond donors (Lipinski definition) is 2. The number of halogens is 3. The quantitative estimate of drug-likeness (QED) is 0.379. The molecule has 0 aromatic heterocycles. The molecule has 39 heavy (non-hydrogen) atoms. The lowest BCUT2D eigenvalue weighted by Gasteiger charge is -2.49. The number of carbonyl (C=O) groups excluding carboxylic acids is 2. The second kappa shape index (κ2) is 10.7. The van der Waals surface area contributed by atoms with Crippen molar-refractivity contribution in [3.8, 4) is 5.75 Å². The normalized spacial score (nSPS) is 29.1. The number of amides is 2. The summed E-state index contributed by atoms with van der Waals surface area (Å²) in [5, 5.41) is 7.63. The topological polar surface area (TPSA) is 70.7 Å². The standard InChI is InChI=1S/C30H30Cl2IN3O3/c1-36-11-9-21(10-12-36)39-26-8-6-20(33)15-22(26)28-30(23-7-5-19(32)14-25(23)34-29(30)38)24(16-27(37)35-28)17-3-2-4-18(31)13-17/h2-8,14-15,17,21,24,28H,9-13,16H2,1H3,(H,34,38)(H,35,37)/t17?,24-,28+,30-/m0/s1. The highest BCUT2D eigenvalue weighted by molar-refractivity contribution is 14.1. The monoisotopic (exact) mass is 677 g/mol. The maximum absolute atomic E-state index is 14.3. The van der Waals surface area contributed by atoms with Crippen molar-refractivity contribution in [3.05, 3.63) is 79.4 Å². The van der Waals surface area contributed by atoms with Gasteiger partial charge >= 0.3 is 0 Å². The zero-order chi connectivity index (χ0) is 27.3. The SMILES string of the molecule is CN1CCC(Oc2ccc(I)cc2[C@H]2NC(=O)C[C@@H](C3C=CC=C(Cl)C3)[C@]23C(=O)Nc2cc(Cl)ccc23)CC1. The largest absolute Gasteiger partial charge is 0.490 e. The van der Waals surface area contributed by atoms with Crippen LogP contribution in [0.4, 0.5) is 5.69 Å². The maximum Gasteiger partial charge on any atom is 0.237 e. The van der Waals surface area contributed by atoms with E-state index in [1.165, 1.54) is 0 Å². The molecule has 1 unspecified atom stereocenters. The average Bonchev–Trinajstić information content (AvgIpc) is 3.18. The highest BCUT2D eigenvalue weighted by Gasteiger charge is 2.62. The fourth-order valence-electron chi connectivity index (χ4n) is 6.78. The van der Waals surface area contributed by atoms with Crippen molar-refractivity contribution in [2.75, 3.05) is 25.5 Å². The summed E-state index contributed by atoms with van der Waals surface area (Å²) in [6.45, 7) is 1.94. The Bertz CT molecular complexity index is 1390. The van der Waals surface area contributed by atoms with Gasteiger partial charge in [0.1, 0.15) is 17.3 Å². The fraction of sp³-hybridized carbons (Fsp3) is 0.400. The molecule has 0 bridgehead atoms. The number of hydrogen-bond acceptors (Lipinski definition) is 4. The summed E-state index contributed by atoms with van der Waals surface area (Å²) >= 11 is 15.1. The van der Waals surface area contributed by atoms with Crippen LogP contribution in [0.5, 0.6) is 5.75 Å². The Hall–Kier alpha value is -2.07. The number of ether oxygens (including phenoxy) is 1. The van der Waals surface area contributed by atoms with E-state index >= 15 is 0 Å². The van der Waals surface area contributed by atoms with Gasteiger partial charge in [0, 0.05) is 44.4 Å². The van der Waals surface area contributed by atoms with Crippen LogP contribution < -0.4 is 15.4 Å². The lowest BCUT2D eigenvalue weighted by atomic mass is 9.57. The third kappa shape index (κ3) is 4.89. The van der Waals surface area contributed by atoms with E-state index in [1.807, 2.05) is 42.5 Å². The van der Waals surface area contributed by atoms with Gasteiger partial charge in [-0.2, -0.15) is 0 Å². The van der Waals surface area contributed by atoms with Gasteiger partial charge in [-0.05, 0) is 103 Å². The molecule has 2 fully saturated rings. The molecule has 2 aromatic rings. The van der Waals surface area contributed by atoms with Crippen LogP contribution in [-0.2, 0) is 15.0 Å². The number of carbonyl (C=O) groups is 2. The number of anilines is 1. The lowest BCUT2D eigenvalue weighted by Crippen LogP contribution is -2.59. The number of nitrogens with zero attached hydrogens (tertiary/aromatic N) is 1. The van der Waals surface area contributed by atoms with Crippen LogP contribution in [0.25, 0.3) is 0 Å². The van der Waals surface area contributed by atoms with Gasteiger partial charge in [0.25, 0.3) is 0 Å². The Morgan fingerprint density at radius 1 is 1.08 bits per heavy atom. The Balaban J connectivity index is 1.51. The van der Waals surface area contributed by atoms with Gasteiger partial charge in [-0.1, -0.05) is 41.4 Å². The molecule has 2 N–H and O–H groups in total. The molecule has 3 heterocycles. The summed E-state index contributed by atoms with van der Waals surface area (Å²) in [6.07, 6.45) is 8.59. The van der Waals surface area contributed by atoms with Crippen LogP contribution in [0.1, 0.15) is 42.9 Å². The van der Waals surface area contributed by atoms with Crippen molar-refractivity contribution in [1.29, 1.82) is 0 Å². The van der Waals surface area contributed by atoms with E-state index in [-0.39, 0.29) is 36.2 Å². The summed E-state index contributed by atoms with van der Waals surface area (Å²) in [5.74, 6) is 0.0606. The van der Waals surface area contributed by atoms with Crippen LogP contribution in [0.2, 0.25) is 5.02 Å². The summed E-state index contributed by atoms with van der Waals surface area (Å²) in [6, 6.07) is 11.0.